The van der Waals surface area contributed by atoms with Crippen molar-refractivity contribution in [1.82, 2.24) is 37.2 Å². The van der Waals surface area contributed by atoms with Crippen molar-refractivity contribution in [2.45, 2.75) is 149 Å². The van der Waals surface area contributed by atoms with Gasteiger partial charge in [-0.25, -0.2) is 4.79 Å². The van der Waals surface area contributed by atoms with Crippen LogP contribution in [0.5, 0.6) is 0 Å². The number of aliphatic carboxylic acids is 1. The Bertz CT molecular complexity index is 1810. The fourth-order valence-corrected chi connectivity index (χ4v) is 6.36. The summed E-state index contributed by atoms with van der Waals surface area (Å²) in [7, 11) is 0. The quantitative estimate of drug-likeness (QED) is 0.0239. The van der Waals surface area contributed by atoms with Crippen LogP contribution in [0.4, 0.5) is 0 Å². The second-order valence-electron chi connectivity index (χ2n) is 16.5. The Morgan fingerprint density at radius 1 is 0.585 bits per heavy atom. The lowest BCUT2D eigenvalue weighted by Crippen LogP contribution is -2.61. The van der Waals surface area contributed by atoms with Gasteiger partial charge in [0.05, 0.1) is 12.5 Å². The zero-order chi connectivity index (χ0) is 49.6. The van der Waals surface area contributed by atoms with E-state index in [9.17, 15) is 48.3 Å². The maximum absolute atomic E-state index is 14.1. The van der Waals surface area contributed by atoms with Crippen LogP contribution < -0.4 is 60.2 Å². The number of hydrogen-bond acceptors (Lipinski definition) is 11. The highest BCUT2D eigenvalue weighted by molar-refractivity contribution is 5.98. The lowest BCUT2D eigenvalue weighted by molar-refractivity contribution is -0.144. The van der Waals surface area contributed by atoms with Crippen LogP contribution in [0.3, 0.4) is 0 Å². The number of rotatable bonds is 29. The van der Waals surface area contributed by atoms with Crippen LogP contribution >= 0.6 is 0 Å². The Balaban J connectivity index is 3.28. The normalized spacial score (nSPS) is 15.7. The van der Waals surface area contributed by atoms with Gasteiger partial charge < -0.3 is 65.3 Å². The molecule has 364 valence electrons. The molecule has 0 aliphatic rings. The number of carbonyl (C=O) groups excluding carboxylic acids is 8. The summed E-state index contributed by atoms with van der Waals surface area (Å²) >= 11 is 0. The standard InChI is InChI=1S/C43H72N12O10/c1-9-23(6)33(54-40(62)32(22(4)5)53-37(59)28(11-3)50-36(58)27(44)18-15-19-48-43(46)47)41(63)52-29(20-26-16-13-12-14-17-26)38(60)49-25(8)35(57)51-30(21-31(45)56)39(61)55-34(42(64)65)24(7)10-2/h12-14,16-17,22-25,27-30,32-34H,9-11,15,18-21,44H2,1-8H3,(H2,45,56)(H,49,60)(H,50,58)(H,51,57)(H,52,63)(H,53,59)(H,54,62)(H,55,61)(H,64,65)(H4,46,47,48)/t23-,24-,25-,27-,28-,29-,30-,32-,33-,34-/m0/s1. The fourth-order valence-electron chi connectivity index (χ4n) is 6.36. The van der Waals surface area contributed by atoms with Gasteiger partial charge in [-0.2, -0.15) is 0 Å². The highest BCUT2D eigenvalue weighted by Gasteiger charge is 2.36. The number of guanidine groups is 1. The number of nitrogens with zero attached hydrogens (tertiary/aromatic N) is 1. The minimum Gasteiger partial charge on any atom is -0.480 e. The smallest absolute Gasteiger partial charge is 0.326 e. The number of carbonyl (C=O) groups is 9. The average molecular weight is 917 g/mol. The molecule has 22 heteroatoms. The molecule has 1 aromatic carbocycles. The Hall–Kier alpha value is -6.32. The molecule has 0 fully saturated rings. The number of benzene rings is 1. The molecule has 16 N–H and O–H groups in total. The first kappa shape index (κ1) is 56.7. The van der Waals surface area contributed by atoms with Crippen LogP contribution in [0.25, 0.3) is 0 Å². The van der Waals surface area contributed by atoms with Gasteiger partial charge in [0.15, 0.2) is 5.96 Å². The lowest BCUT2D eigenvalue weighted by atomic mass is 9.95. The third kappa shape index (κ3) is 19.9. The first-order valence-electron chi connectivity index (χ1n) is 22.0. The zero-order valence-electron chi connectivity index (χ0n) is 38.8. The minimum absolute atomic E-state index is 0.0540. The summed E-state index contributed by atoms with van der Waals surface area (Å²) in [6.07, 6.45) is 0.918. The molecular weight excluding hydrogens is 845 g/mol. The monoisotopic (exact) mass is 917 g/mol. The van der Waals surface area contributed by atoms with Crippen LogP contribution in [-0.2, 0) is 49.6 Å². The number of carboxylic acids is 1. The molecule has 1 aromatic rings. The molecule has 0 heterocycles. The molecule has 1 rings (SSSR count). The molecule has 0 unspecified atom stereocenters. The molecule has 0 aliphatic heterocycles. The van der Waals surface area contributed by atoms with Gasteiger partial charge >= 0.3 is 5.97 Å². The molecule has 22 nitrogen and oxygen atoms in total. The Morgan fingerprint density at radius 2 is 1.08 bits per heavy atom. The van der Waals surface area contributed by atoms with Gasteiger partial charge in [0.1, 0.15) is 42.3 Å². The summed E-state index contributed by atoms with van der Waals surface area (Å²) in [5, 5.41) is 27.6. The molecule has 8 amide bonds. The van der Waals surface area contributed by atoms with Crippen LogP contribution in [0, 0.1) is 17.8 Å². The Labute approximate surface area is 380 Å². The predicted molar refractivity (Wildman–Crippen MR) is 243 cm³/mol. The highest BCUT2D eigenvalue weighted by atomic mass is 16.4. The van der Waals surface area contributed by atoms with Gasteiger partial charge in [-0.15, -0.1) is 0 Å². The van der Waals surface area contributed by atoms with E-state index in [2.05, 4.69) is 42.2 Å². The van der Waals surface area contributed by atoms with E-state index in [4.69, 9.17) is 22.9 Å². The molecule has 0 aromatic heterocycles. The molecule has 0 aliphatic carbocycles. The van der Waals surface area contributed by atoms with Crippen molar-refractivity contribution in [1.29, 1.82) is 0 Å². The van der Waals surface area contributed by atoms with Crippen LogP contribution in [0.1, 0.15) is 99.5 Å². The predicted octanol–water partition coefficient (Wildman–Crippen LogP) is -1.86. The topological polar surface area (TPSA) is 375 Å². The Morgan fingerprint density at radius 3 is 1.60 bits per heavy atom. The van der Waals surface area contributed by atoms with Crippen LogP contribution in [-0.4, -0.2) is 119 Å². The lowest BCUT2D eigenvalue weighted by Gasteiger charge is -2.30. The number of nitrogens with two attached hydrogens (primary N) is 4. The van der Waals surface area contributed by atoms with Crippen LogP contribution in [0.15, 0.2) is 35.3 Å². The highest BCUT2D eigenvalue weighted by Crippen LogP contribution is 2.13. The SMILES string of the molecule is CC[C@H](NC(=O)[C@@H](N)CCCN=C(N)N)C(=O)N[C@H](C(=O)N[C@H](C(=O)N[C@@H](Cc1ccccc1)C(=O)N[C@@H](C)C(=O)N[C@@H](CC(N)=O)C(=O)N[C@H](C(=O)O)[C@@H](C)CC)[C@@H](C)CC)C(C)C. The van der Waals surface area contributed by atoms with Crippen molar-refractivity contribution < 1.29 is 48.3 Å². The maximum Gasteiger partial charge on any atom is 0.326 e. The van der Waals surface area contributed by atoms with E-state index < -0.39 is 126 Å². The minimum atomic E-state index is -1.58. The second kappa shape index (κ2) is 28.5. The van der Waals surface area contributed by atoms with E-state index in [1.807, 2.05) is 0 Å². The number of hydrogen-bond donors (Lipinski definition) is 12. The molecule has 0 radical (unpaired) electrons. The Kier molecular flexibility index (Phi) is 24.8. The molecule has 10 atom stereocenters. The van der Waals surface area contributed by atoms with Crippen molar-refractivity contribution in [2.75, 3.05) is 6.54 Å². The third-order valence-electron chi connectivity index (χ3n) is 10.9. The molecular formula is C43H72N12O10. The van der Waals surface area contributed by atoms with Gasteiger partial charge in [0.25, 0.3) is 0 Å². The average Bonchev–Trinajstić information content (AvgIpc) is 3.25. The van der Waals surface area contributed by atoms with E-state index in [0.29, 0.717) is 24.8 Å². The first-order valence-corrected chi connectivity index (χ1v) is 22.0. The third-order valence-corrected chi connectivity index (χ3v) is 10.9. The van der Waals surface area contributed by atoms with Gasteiger partial charge in [0, 0.05) is 13.0 Å². The van der Waals surface area contributed by atoms with Crippen LogP contribution in [0.2, 0.25) is 0 Å². The summed E-state index contributed by atoms with van der Waals surface area (Å²) in [6, 6.07) is -1.28. The van der Waals surface area contributed by atoms with Gasteiger partial charge in [-0.1, -0.05) is 91.6 Å². The van der Waals surface area contributed by atoms with E-state index in [0.717, 1.165) is 0 Å². The van der Waals surface area contributed by atoms with E-state index in [-0.39, 0.29) is 31.8 Å². The number of carboxylic acid groups (broad SMARTS) is 1. The van der Waals surface area contributed by atoms with E-state index in [1.165, 1.54) is 6.92 Å². The maximum atomic E-state index is 14.1. The summed E-state index contributed by atoms with van der Waals surface area (Å²) in [4.78, 5) is 122. The van der Waals surface area contributed by atoms with E-state index >= 15 is 0 Å². The molecule has 0 bridgehead atoms. The summed E-state index contributed by atoms with van der Waals surface area (Å²) in [5.74, 6) is -9.21. The molecule has 65 heavy (non-hydrogen) atoms. The number of primary amides is 1. The van der Waals surface area contributed by atoms with Gasteiger partial charge in [-0.3, -0.25) is 43.3 Å². The van der Waals surface area contributed by atoms with Gasteiger partial charge in [0.2, 0.25) is 47.3 Å². The van der Waals surface area contributed by atoms with Crippen molar-refractivity contribution in [2.24, 2.45) is 45.7 Å². The zero-order valence-corrected chi connectivity index (χ0v) is 38.8. The number of aliphatic imine (C=N–C) groups is 1. The van der Waals surface area contributed by atoms with Crippen molar-refractivity contribution in [3.05, 3.63) is 35.9 Å². The van der Waals surface area contributed by atoms with Gasteiger partial charge in [-0.05, 0) is 49.5 Å². The fraction of sp³-hybridized carbons (Fsp3) is 0.628. The van der Waals surface area contributed by atoms with E-state index in [1.54, 1.807) is 78.8 Å². The van der Waals surface area contributed by atoms with Crippen molar-refractivity contribution in [3.63, 3.8) is 0 Å². The number of amides is 8. The molecule has 0 saturated carbocycles. The number of nitrogens with one attached hydrogen (secondary N) is 7. The summed E-state index contributed by atoms with van der Waals surface area (Å²) in [5.41, 5.74) is 22.6. The van der Waals surface area contributed by atoms with Crippen molar-refractivity contribution >= 4 is 59.2 Å². The molecule has 0 saturated heterocycles. The van der Waals surface area contributed by atoms with Crippen molar-refractivity contribution in [3.8, 4) is 0 Å². The molecule has 0 spiro atoms. The largest absolute Gasteiger partial charge is 0.480 e. The first-order chi connectivity index (χ1) is 30.5. The second-order valence-corrected chi connectivity index (χ2v) is 16.5. The summed E-state index contributed by atoms with van der Waals surface area (Å²) < 4.78 is 0. The summed E-state index contributed by atoms with van der Waals surface area (Å²) in [6.45, 7) is 13.5.